The number of carbonyl (C=O) groups excluding carboxylic acids is 1. The largest absolute Gasteiger partial charge is 0.497 e. The quantitative estimate of drug-likeness (QED) is 0.219. The zero-order valence-corrected chi connectivity index (χ0v) is 19.7. The molecule has 0 saturated carbocycles. The summed E-state index contributed by atoms with van der Waals surface area (Å²) in [6.07, 6.45) is 1.78. The van der Waals surface area contributed by atoms with Crippen LogP contribution in [-0.4, -0.2) is 23.7 Å². The molecular formula is C30H24N4O2. The summed E-state index contributed by atoms with van der Waals surface area (Å²) in [5, 5.41) is 8.91. The van der Waals surface area contributed by atoms with Crippen molar-refractivity contribution in [3.05, 3.63) is 132 Å². The van der Waals surface area contributed by atoms with E-state index in [1.165, 1.54) is 0 Å². The highest BCUT2D eigenvalue weighted by Gasteiger charge is 2.10. The number of hydrogen-bond donors (Lipinski definition) is 2. The van der Waals surface area contributed by atoms with Gasteiger partial charge < -0.3 is 10.1 Å². The molecule has 0 saturated heterocycles. The van der Waals surface area contributed by atoms with Crippen LogP contribution in [0.15, 0.2) is 120 Å². The summed E-state index contributed by atoms with van der Waals surface area (Å²) in [4.78, 5) is 17.3. The third-order valence-corrected chi connectivity index (χ3v) is 5.76. The van der Waals surface area contributed by atoms with Crippen LogP contribution in [0.5, 0.6) is 5.75 Å². The van der Waals surface area contributed by atoms with Gasteiger partial charge in [0.1, 0.15) is 5.75 Å². The van der Waals surface area contributed by atoms with E-state index in [4.69, 9.17) is 4.74 Å². The maximum Gasteiger partial charge on any atom is 0.271 e. The Hall–Kier alpha value is -4.97. The Labute approximate surface area is 209 Å². The number of rotatable bonds is 7. The average Bonchev–Trinajstić information content (AvgIpc) is 2.94. The molecule has 1 heterocycles. The predicted molar refractivity (Wildman–Crippen MR) is 144 cm³/mol. The van der Waals surface area contributed by atoms with Crippen LogP contribution in [0.25, 0.3) is 10.9 Å². The molecule has 0 unspecified atom stereocenters. The highest BCUT2D eigenvalue weighted by Crippen LogP contribution is 2.25. The van der Waals surface area contributed by atoms with Gasteiger partial charge in [-0.1, -0.05) is 48.5 Å². The van der Waals surface area contributed by atoms with Crippen molar-refractivity contribution >= 4 is 33.9 Å². The smallest absolute Gasteiger partial charge is 0.271 e. The number of carbonyl (C=O) groups is 1. The molecule has 36 heavy (non-hydrogen) atoms. The Morgan fingerprint density at radius 1 is 0.750 bits per heavy atom. The second-order valence-corrected chi connectivity index (χ2v) is 8.07. The normalized spacial score (nSPS) is 11.2. The molecule has 0 fully saturated rings. The van der Waals surface area contributed by atoms with Crippen molar-refractivity contribution in [1.82, 2.24) is 10.4 Å². The number of hydrazone groups is 1. The first-order valence-corrected chi connectivity index (χ1v) is 11.5. The van der Waals surface area contributed by atoms with Crippen molar-refractivity contribution in [2.45, 2.75) is 0 Å². The Bertz CT molecular complexity index is 1510. The maximum absolute atomic E-state index is 12.9. The molecule has 0 aliphatic heterocycles. The lowest BCUT2D eigenvalue weighted by Gasteiger charge is -2.11. The summed E-state index contributed by atoms with van der Waals surface area (Å²) in [5.41, 5.74) is 8.38. The van der Waals surface area contributed by atoms with Gasteiger partial charge in [-0.2, -0.15) is 5.10 Å². The Balaban J connectivity index is 1.34. The van der Waals surface area contributed by atoms with E-state index in [-0.39, 0.29) is 5.91 Å². The summed E-state index contributed by atoms with van der Waals surface area (Å²) >= 11 is 0. The minimum absolute atomic E-state index is 0.294. The minimum atomic E-state index is -0.294. The fourth-order valence-electron chi connectivity index (χ4n) is 3.88. The molecule has 0 aliphatic carbocycles. The number of para-hydroxylation sites is 1. The first-order valence-electron chi connectivity index (χ1n) is 11.5. The number of fused-ring (bicyclic) bond motifs is 1. The molecule has 6 nitrogen and oxygen atoms in total. The van der Waals surface area contributed by atoms with E-state index in [1.54, 1.807) is 25.4 Å². The van der Waals surface area contributed by atoms with Gasteiger partial charge in [-0.25, -0.2) is 5.43 Å². The fourth-order valence-corrected chi connectivity index (χ4v) is 3.88. The van der Waals surface area contributed by atoms with Crippen LogP contribution in [0.2, 0.25) is 0 Å². The van der Waals surface area contributed by atoms with Gasteiger partial charge in [0.25, 0.3) is 5.91 Å². The number of benzene rings is 4. The Morgan fingerprint density at radius 3 is 2.17 bits per heavy atom. The van der Waals surface area contributed by atoms with Crippen molar-refractivity contribution < 1.29 is 9.53 Å². The van der Waals surface area contributed by atoms with Crippen molar-refractivity contribution in [2.24, 2.45) is 5.10 Å². The van der Waals surface area contributed by atoms with E-state index < -0.39 is 0 Å². The summed E-state index contributed by atoms with van der Waals surface area (Å²) in [6.45, 7) is 0. The van der Waals surface area contributed by atoms with Gasteiger partial charge in [-0.15, -0.1) is 0 Å². The first kappa shape index (κ1) is 22.8. The van der Waals surface area contributed by atoms with Crippen LogP contribution >= 0.6 is 0 Å². The lowest BCUT2D eigenvalue weighted by molar-refractivity contribution is 0.0955. The van der Waals surface area contributed by atoms with Crippen LogP contribution < -0.4 is 15.5 Å². The number of nitrogens with zero attached hydrogens (tertiary/aromatic N) is 2. The predicted octanol–water partition coefficient (Wildman–Crippen LogP) is 6.17. The lowest BCUT2D eigenvalue weighted by Crippen LogP contribution is -2.20. The summed E-state index contributed by atoms with van der Waals surface area (Å²) in [7, 11) is 1.63. The third-order valence-electron chi connectivity index (χ3n) is 5.76. The summed E-state index contributed by atoms with van der Waals surface area (Å²) < 4.78 is 5.26. The van der Waals surface area contributed by atoms with E-state index in [0.29, 0.717) is 11.3 Å². The molecule has 4 aromatic carbocycles. The van der Waals surface area contributed by atoms with Gasteiger partial charge in [0.05, 0.1) is 18.3 Å². The zero-order chi connectivity index (χ0) is 24.7. The molecular weight excluding hydrogens is 448 g/mol. The number of aromatic nitrogens is 1. The highest BCUT2D eigenvalue weighted by atomic mass is 16.5. The molecule has 0 bridgehead atoms. The summed E-state index contributed by atoms with van der Waals surface area (Å²) in [5.74, 6) is 0.460. The number of hydrogen-bond acceptors (Lipinski definition) is 5. The van der Waals surface area contributed by atoms with Crippen molar-refractivity contribution in [3.63, 3.8) is 0 Å². The Morgan fingerprint density at radius 2 is 1.42 bits per heavy atom. The van der Waals surface area contributed by atoms with Gasteiger partial charge in [-0.05, 0) is 60.7 Å². The molecule has 5 aromatic rings. The number of methoxy groups -OCH3 is 1. The van der Waals surface area contributed by atoms with E-state index in [2.05, 4.69) is 20.8 Å². The minimum Gasteiger partial charge on any atom is -0.497 e. The van der Waals surface area contributed by atoms with Crippen molar-refractivity contribution in [3.8, 4) is 5.75 Å². The molecule has 1 aromatic heterocycles. The molecule has 0 aliphatic rings. The maximum atomic E-state index is 12.9. The van der Waals surface area contributed by atoms with Gasteiger partial charge in [0, 0.05) is 39.6 Å². The number of ether oxygens (including phenoxy) is 1. The van der Waals surface area contributed by atoms with Gasteiger partial charge in [0.2, 0.25) is 0 Å². The van der Waals surface area contributed by atoms with E-state index in [1.807, 2.05) is 97.1 Å². The molecule has 176 valence electrons. The molecule has 6 heteroatoms. The van der Waals surface area contributed by atoms with Crippen molar-refractivity contribution in [1.29, 1.82) is 0 Å². The first-order chi connectivity index (χ1) is 17.7. The third kappa shape index (κ3) is 5.08. The fraction of sp³-hybridized carbons (Fsp3) is 0.0333. The number of nitrogens with one attached hydrogen (secondary N) is 2. The number of anilines is 2. The average molecular weight is 473 g/mol. The molecule has 2 N–H and O–H groups in total. The zero-order valence-electron chi connectivity index (χ0n) is 19.7. The monoisotopic (exact) mass is 472 g/mol. The van der Waals surface area contributed by atoms with Gasteiger partial charge in [-0.3, -0.25) is 9.78 Å². The molecule has 5 rings (SSSR count). The lowest BCUT2D eigenvalue weighted by atomic mass is 10.0. The molecule has 1 amide bonds. The van der Waals surface area contributed by atoms with Crippen LogP contribution in [-0.2, 0) is 0 Å². The Kier molecular flexibility index (Phi) is 6.67. The molecule has 0 atom stereocenters. The van der Waals surface area contributed by atoms with Crippen molar-refractivity contribution in [2.75, 3.05) is 12.4 Å². The van der Waals surface area contributed by atoms with Gasteiger partial charge >= 0.3 is 0 Å². The molecule has 0 spiro atoms. The highest BCUT2D eigenvalue weighted by molar-refractivity contribution is 6.13. The van der Waals surface area contributed by atoms with E-state index >= 15 is 0 Å². The van der Waals surface area contributed by atoms with Crippen LogP contribution in [0, 0.1) is 0 Å². The SMILES string of the molecule is COc1ccc(C(=NNC(=O)c2ccc(Nc3ccnc4ccccc34)cc2)c2ccccc2)cc1. The number of pyridine rings is 1. The number of amides is 1. The van der Waals surface area contributed by atoms with Crippen LogP contribution in [0.1, 0.15) is 21.5 Å². The van der Waals surface area contributed by atoms with E-state index in [0.717, 1.165) is 39.2 Å². The van der Waals surface area contributed by atoms with E-state index in [9.17, 15) is 4.79 Å². The second kappa shape index (κ2) is 10.5. The topological polar surface area (TPSA) is 75.6 Å². The molecule has 0 radical (unpaired) electrons. The summed E-state index contributed by atoms with van der Waals surface area (Å²) in [6, 6.07) is 34.5. The van der Waals surface area contributed by atoms with Crippen LogP contribution in [0.4, 0.5) is 11.4 Å². The van der Waals surface area contributed by atoms with Crippen LogP contribution in [0.3, 0.4) is 0 Å². The van der Waals surface area contributed by atoms with Gasteiger partial charge in [0.15, 0.2) is 0 Å². The second-order valence-electron chi connectivity index (χ2n) is 8.07. The standard InChI is InChI=1S/C30H24N4O2/c1-36-25-17-13-22(14-18-25)29(21-7-3-2-4-8-21)33-34-30(35)23-11-15-24(16-12-23)32-28-19-20-31-27-10-6-5-9-26(27)28/h2-20H,1H3,(H,31,32)(H,34,35).